The van der Waals surface area contributed by atoms with Crippen LogP contribution >= 0.6 is 12.4 Å². The van der Waals surface area contributed by atoms with Crippen molar-refractivity contribution in [3.63, 3.8) is 0 Å². The van der Waals surface area contributed by atoms with Crippen LogP contribution in [-0.2, 0) is 20.0 Å². The van der Waals surface area contributed by atoms with Crippen LogP contribution in [0.1, 0.15) is 39.2 Å². The largest absolute Gasteiger partial charge is 0.337 e. The van der Waals surface area contributed by atoms with E-state index in [1.54, 1.807) is 29.1 Å². The maximum atomic E-state index is 13.7. The molecule has 0 aliphatic carbocycles. The molecule has 3 N–H and O–H groups in total. The normalized spacial score (nSPS) is 14.1. The SMILES string of the molecule is Cl.Cn1ccnc1C(NC(=O)c1n[nH]c2c1CNCC2)c1cccc(F)c1. The Morgan fingerprint density at radius 3 is 3.00 bits per heavy atom. The van der Waals surface area contributed by atoms with E-state index in [0.29, 0.717) is 23.6 Å². The monoisotopic (exact) mass is 390 g/mol. The smallest absolute Gasteiger partial charge is 0.272 e. The molecule has 0 spiro atoms. The van der Waals surface area contributed by atoms with Gasteiger partial charge >= 0.3 is 0 Å². The van der Waals surface area contributed by atoms with E-state index in [-0.39, 0.29) is 24.1 Å². The first-order valence-electron chi connectivity index (χ1n) is 8.44. The molecule has 4 rings (SSSR count). The van der Waals surface area contributed by atoms with Gasteiger partial charge < -0.3 is 15.2 Å². The summed E-state index contributed by atoms with van der Waals surface area (Å²) in [6.07, 6.45) is 4.24. The van der Waals surface area contributed by atoms with Crippen LogP contribution in [0.25, 0.3) is 0 Å². The highest BCUT2D eigenvalue weighted by Crippen LogP contribution is 2.23. The second-order valence-corrected chi connectivity index (χ2v) is 6.31. The van der Waals surface area contributed by atoms with Crippen LogP contribution in [0.2, 0.25) is 0 Å². The van der Waals surface area contributed by atoms with Crippen LogP contribution in [0.4, 0.5) is 4.39 Å². The van der Waals surface area contributed by atoms with Crippen LogP contribution in [0.15, 0.2) is 36.7 Å². The van der Waals surface area contributed by atoms with Crippen molar-refractivity contribution in [2.45, 2.75) is 19.0 Å². The summed E-state index contributed by atoms with van der Waals surface area (Å²) in [6, 6.07) is 5.58. The number of amides is 1. The van der Waals surface area contributed by atoms with Gasteiger partial charge in [0, 0.05) is 50.2 Å². The lowest BCUT2D eigenvalue weighted by Gasteiger charge is -2.19. The van der Waals surface area contributed by atoms with Crippen molar-refractivity contribution >= 4 is 18.3 Å². The fraction of sp³-hybridized carbons (Fsp3) is 0.278. The predicted molar refractivity (Wildman–Crippen MR) is 100 cm³/mol. The lowest BCUT2D eigenvalue weighted by molar-refractivity contribution is 0.0935. The standard InChI is InChI=1S/C18H19FN6O.ClH/c1-25-8-7-21-17(25)15(11-3-2-4-12(19)9-11)22-18(26)16-13-10-20-6-5-14(13)23-24-16;/h2-4,7-9,15,20H,5-6,10H2,1H3,(H,22,26)(H,23,24);1H. The predicted octanol–water partition coefficient (Wildman–Crippen LogP) is 1.87. The zero-order valence-electron chi connectivity index (χ0n) is 14.7. The van der Waals surface area contributed by atoms with Crippen molar-refractivity contribution in [2.24, 2.45) is 7.05 Å². The zero-order chi connectivity index (χ0) is 18.1. The highest BCUT2D eigenvalue weighted by atomic mass is 35.5. The van der Waals surface area contributed by atoms with E-state index in [0.717, 1.165) is 24.2 Å². The molecule has 9 heteroatoms. The van der Waals surface area contributed by atoms with E-state index in [1.807, 2.05) is 7.05 Å². The van der Waals surface area contributed by atoms with Crippen molar-refractivity contribution in [3.05, 3.63) is 70.8 Å². The van der Waals surface area contributed by atoms with Gasteiger partial charge in [0.05, 0.1) is 0 Å². The quantitative estimate of drug-likeness (QED) is 0.634. The summed E-state index contributed by atoms with van der Waals surface area (Å²) in [5.74, 6) is -0.0627. The molecule has 1 aromatic carbocycles. The van der Waals surface area contributed by atoms with Gasteiger partial charge in [-0.3, -0.25) is 9.89 Å². The van der Waals surface area contributed by atoms with Gasteiger partial charge in [-0.2, -0.15) is 5.10 Å². The van der Waals surface area contributed by atoms with Gasteiger partial charge in [0.2, 0.25) is 0 Å². The molecule has 2 aromatic heterocycles. The second-order valence-electron chi connectivity index (χ2n) is 6.31. The lowest BCUT2D eigenvalue weighted by atomic mass is 10.0. The molecule has 3 heterocycles. The number of aryl methyl sites for hydroxylation is 1. The van der Waals surface area contributed by atoms with E-state index >= 15 is 0 Å². The molecule has 0 saturated carbocycles. The Morgan fingerprint density at radius 2 is 2.26 bits per heavy atom. The summed E-state index contributed by atoms with van der Waals surface area (Å²) in [5, 5.41) is 13.3. The Balaban J connectivity index is 0.00000210. The second kappa shape index (κ2) is 7.89. The highest BCUT2D eigenvalue weighted by molar-refractivity contribution is 5.94. The number of fused-ring (bicyclic) bond motifs is 1. The number of hydrogen-bond acceptors (Lipinski definition) is 4. The first-order valence-corrected chi connectivity index (χ1v) is 8.44. The summed E-state index contributed by atoms with van der Waals surface area (Å²) < 4.78 is 15.5. The molecule has 3 aromatic rings. The summed E-state index contributed by atoms with van der Waals surface area (Å²) >= 11 is 0. The average Bonchev–Trinajstić information content (AvgIpc) is 3.26. The molecule has 1 unspecified atom stereocenters. The van der Waals surface area contributed by atoms with E-state index < -0.39 is 6.04 Å². The number of hydrogen-bond donors (Lipinski definition) is 3. The van der Waals surface area contributed by atoms with E-state index in [2.05, 4.69) is 25.8 Å². The minimum Gasteiger partial charge on any atom is -0.337 e. The number of nitrogens with zero attached hydrogens (tertiary/aromatic N) is 3. The Kier molecular flexibility index (Phi) is 5.57. The van der Waals surface area contributed by atoms with Crippen molar-refractivity contribution in [1.82, 2.24) is 30.4 Å². The van der Waals surface area contributed by atoms with Gasteiger partial charge in [0.15, 0.2) is 5.69 Å². The van der Waals surface area contributed by atoms with Gasteiger partial charge in [-0.05, 0) is 17.7 Å². The molecule has 0 saturated heterocycles. The fourth-order valence-electron chi connectivity index (χ4n) is 3.25. The fourth-order valence-corrected chi connectivity index (χ4v) is 3.25. The number of benzene rings is 1. The van der Waals surface area contributed by atoms with Gasteiger partial charge in [-0.1, -0.05) is 12.1 Å². The number of nitrogens with one attached hydrogen (secondary N) is 3. The van der Waals surface area contributed by atoms with Gasteiger partial charge in [0.25, 0.3) is 5.91 Å². The molecule has 1 atom stereocenters. The molecule has 142 valence electrons. The Hall–Kier alpha value is -2.71. The number of imidazole rings is 1. The van der Waals surface area contributed by atoms with E-state index in [4.69, 9.17) is 0 Å². The van der Waals surface area contributed by atoms with Gasteiger partial charge in [0.1, 0.15) is 17.7 Å². The molecule has 1 aliphatic rings. The highest BCUT2D eigenvalue weighted by Gasteiger charge is 2.26. The third-order valence-corrected chi connectivity index (χ3v) is 4.60. The van der Waals surface area contributed by atoms with Crippen molar-refractivity contribution in [3.8, 4) is 0 Å². The number of halogens is 2. The number of carbonyl (C=O) groups excluding carboxylic acids is 1. The van der Waals surface area contributed by atoms with E-state index in [1.165, 1.54) is 12.1 Å². The minimum atomic E-state index is -0.581. The Morgan fingerprint density at radius 1 is 1.41 bits per heavy atom. The molecule has 1 aliphatic heterocycles. The molecule has 27 heavy (non-hydrogen) atoms. The third kappa shape index (κ3) is 3.72. The summed E-state index contributed by atoms with van der Waals surface area (Å²) in [6.45, 7) is 1.46. The minimum absolute atomic E-state index is 0. The molecular formula is C18H20ClFN6O. The number of aromatic nitrogens is 4. The van der Waals surface area contributed by atoms with Gasteiger partial charge in [-0.15, -0.1) is 12.4 Å². The topological polar surface area (TPSA) is 87.6 Å². The first kappa shape index (κ1) is 19.1. The molecule has 0 radical (unpaired) electrons. The maximum absolute atomic E-state index is 13.7. The molecule has 0 fully saturated rings. The van der Waals surface area contributed by atoms with Crippen molar-refractivity contribution in [2.75, 3.05) is 6.54 Å². The molecule has 1 amide bonds. The maximum Gasteiger partial charge on any atom is 0.272 e. The molecule has 0 bridgehead atoms. The van der Waals surface area contributed by atoms with Crippen LogP contribution in [-0.4, -0.2) is 32.2 Å². The Labute approximate surface area is 161 Å². The number of carbonyl (C=O) groups is 1. The van der Waals surface area contributed by atoms with Crippen LogP contribution in [0.3, 0.4) is 0 Å². The van der Waals surface area contributed by atoms with Crippen LogP contribution in [0.5, 0.6) is 0 Å². The summed E-state index contributed by atoms with van der Waals surface area (Å²) in [7, 11) is 1.83. The van der Waals surface area contributed by atoms with Crippen molar-refractivity contribution < 1.29 is 9.18 Å². The average molecular weight is 391 g/mol. The lowest BCUT2D eigenvalue weighted by Crippen LogP contribution is -2.33. The van der Waals surface area contributed by atoms with Crippen LogP contribution < -0.4 is 10.6 Å². The Bertz CT molecular complexity index is 953. The van der Waals surface area contributed by atoms with Crippen molar-refractivity contribution in [1.29, 1.82) is 0 Å². The number of rotatable bonds is 4. The first-order chi connectivity index (χ1) is 12.6. The molecular weight excluding hydrogens is 371 g/mol. The summed E-state index contributed by atoms with van der Waals surface area (Å²) in [4.78, 5) is 17.2. The van der Waals surface area contributed by atoms with E-state index in [9.17, 15) is 9.18 Å². The zero-order valence-corrected chi connectivity index (χ0v) is 15.5. The van der Waals surface area contributed by atoms with Crippen LogP contribution in [0, 0.1) is 5.82 Å². The third-order valence-electron chi connectivity index (χ3n) is 4.60. The number of H-pyrrole nitrogens is 1. The van der Waals surface area contributed by atoms with Gasteiger partial charge in [-0.25, -0.2) is 9.37 Å². The molecule has 7 nitrogen and oxygen atoms in total. The number of aromatic amines is 1. The summed E-state index contributed by atoms with van der Waals surface area (Å²) in [5.41, 5.74) is 2.85.